The minimum Gasteiger partial charge on any atom is -0.336 e. The van der Waals surface area contributed by atoms with Gasteiger partial charge in [-0.05, 0) is 50.2 Å². The van der Waals surface area contributed by atoms with Crippen molar-refractivity contribution < 1.29 is 13.2 Å². The number of piperazine rings is 1. The number of carbonyl (C=O) groups excluding carboxylic acids is 1. The van der Waals surface area contributed by atoms with Crippen LogP contribution in [-0.4, -0.2) is 67.2 Å². The molecule has 1 amide bonds. The molecule has 0 aliphatic carbocycles. The van der Waals surface area contributed by atoms with E-state index in [0.29, 0.717) is 24.7 Å². The van der Waals surface area contributed by atoms with Gasteiger partial charge in [-0.1, -0.05) is 42.8 Å². The fraction of sp³-hybridized carbons (Fsp3) is 0.435. The zero-order chi connectivity index (χ0) is 22.6. The predicted octanol–water partition coefficient (Wildman–Crippen LogP) is 3.72. The van der Waals surface area contributed by atoms with E-state index in [9.17, 15) is 13.2 Å². The molecule has 1 saturated heterocycles. The molecule has 31 heavy (non-hydrogen) atoms. The first-order valence-corrected chi connectivity index (χ1v) is 12.4. The summed E-state index contributed by atoms with van der Waals surface area (Å²) in [6, 6.07) is 14.6. The van der Waals surface area contributed by atoms with Crippen molar-refractivity contribution in [1.82, 2.24) is 14.1 Å². The Morgan fingerprint density at radius 3 is 2.19 bits per heavy atom. The zero-order valence-electron chi connectivity index (χ0n) is 18.3. The van der Waals surface area contributed by atoms with E-state index in [-0.39, 0.29) is 28.9 Å². The van der Waals surface area contributed by atoms with E-state index in [1.54, 1.807) is 23.1 Å². The second kappa shape index (κ2) is 10.1. The number of sulfonamides is 1. The fourth-order valence-electron chi connectivity index (χ4n) is 3.75. The van der Waals surface area contributed by atoms with Crippen molar-refractivity contribution in [3.8, 4) is 0 Å². The second-order valence-corrected chi connectivity index (χ2v) is 10.3. The first-order chi connectivity index (χ1) is 14.7. The number of benzene rings is 2. The number of halogens is 1. The van der Waals surface area contributed by atoms with Crippen molar-refractivity contribution in [2.75, 3.05) is 32.7 Å². The molecule has 3 rings (SSSR count). The van der Waals surface area contributed by atoms with Crippen molar-refractivity contribution in [2.45, 2.75) is 38.3 Å². The molecule has 1 fully saturated rings. The van der Waals surface area contributed by atoms with Crippen molar-refractivity contribution in [3.63, 3.8) is 0 Å². The first-order valence-electron chi connectivity index (χ1n) is 10.6. The summed E-state index contributed by atoms with van der Waals surface area (Å²) < 4.78 is 27.2. The molecule has 8 heteroatoms. The average Bonchev–Trinajstić information content (AvgIpc) is 2.77. The highest BCUT2D eigenvalue weighted by Gasteiger charge is 2.31. The summed E-state index contributed by atoms with van der Waals surface area (Å²) in [5.74, 6) is -0.0717. The van der Waals surface area contributed by atoms with Crippen LogP contribution in [0.2, 0.25) is 5.02 Å². The van der Waals surface area contributed by atoms with Gasteiger partial charge in [0, 0.05) is 44.3 Å². The van der Waals surface area contributed by atoms with Crippen molar-refractivity contribution in [1.29, 1.82) is 0 Å². The molecule has 0 saturated carbocycles. The first kappa shape index (κ1) is 23.7. The number of amides is 1. The molecule has 2 aromatic carbocycles. The minimum atomic E-state index is -3.67. The van der Waals surface area contributed by atoms with Gasteiger partial charge in [0.05, 0.1) is 5.02 Å². The molecule has 0 spiro atoms. The standard InChI is InChI=1S/C23H30ClN3O3S/c1-4-25(18(2)3)17-19-9-11-20(12-10-19)23(28)26-13-15-27(16-14-26)31(29,30)22-8-6-5-7-21(22)24/h5-12,18H,4,13-17H2,1-3H3. The summed E-state index contributed by atoms with van der Waals surface area (Å²) in [5.41, 5.74) is 1.79. The topological polar surface area (TPSA) is 60.9 Å². The summed E-state index contributed by atoms with van der Waals surface area (Å²) in [4.78, 5) is 17.1. The molecular formula is C23H30ClN3O3S. The zero-order valence-corrected chi connectivity index (χ0v) is 19.9. The molecule has 1 aliphatic heterocycles. The Morgan fingerprint density at radius 1 is 1.03 bits per heavy atom. The third-order valence-electron chi connectivity index (χ3n) is 5.70. The Labute approximate surface area is 190 Å². The van der Waals surface area contributed by atoms with Crippen LogP contribution in [0.25, 0.3) is 0 Å². The molecule has 0 aromatic heterocycles. The smallest absolute Gasteiger partial charge is 0.253 e. The summed E-state index contributed by atoms with van der Waals surface area (Å²) in [6.07, 6.45) is 0. The molecule has 6 nitrogen and oxygen atoms in total. The van der Waals surface area contributed by atoms with Gasteiger partial charge in [-0.15, -0.1) is 0 Å². The Hall–Kier alpha value is -1.93. The average molecular weight is 464 g/mol. The van der Waals surface area contributed by atoms with Gasteiger partial charge in [0.1, 0.15) is 4.90 Å². The normalized spacial score (nSPS) is 15.6. The van der Waals surface area contributed by atoms with Gasteiger partial charge in [0.25, 0.3) is 5.91 Å². The van der Waals surface area contributed by atoms with E-state index >= 15 is 0 Å². The van der Waals surface area contributed by atoms with Crippen LogP contribution in [0.1, 0.15) is 36.7 Å². The molecular weight excluding hydrogens is 434 g/mol. The predicted molar refractivity (Wildman–Crippen MR) is 124 cm³/mol. The summed E-state index contributed by atoms with van der Waals surface area (Å²) in [5, 5.41) is 0.209. The maximum atomic E-state index is 12.9. The Kier molecular flexibility index (Phi) is 7.75. The molecule has 0 N–H and O–H groups in total. The molecule has 0 unspecified atom stereocenters. The molecule has 0 bridgehead atoms. The molecule has 1 heterocycles. The number of hydrogen-bond acceptors (Lipinski definition) is 4. The van der Waals surface area contributed by atoms with Crippen LogP contribution in [0.4, 0.5) is 0 Å². The summed E-state index contributed by atoms with van der Waals surface area (Å²) in [7, 11) is -3.67. The summed E-state index contributed by atoms with van der Waals surface area (Å²) in [6.45, 7) is 9.50. The maximum absolute atomic E-state index is 12.9. The van der Waals surface area contributed by atoms with Crippen molar-refractivity contribution >= 4 is 27.5 Å². The van der Waals surface area contributed by atoms with Gasteiger partial charge < -0.3 is 4.90 Å². The van der Waals surface area contributed by atoms with Gasteiger partial charge in [-0.25, -0.2) is 8.42 Å². The molecule has 1 aliphatic rings. The molecule has 0 radical (unpaired) electrons. The number of carbonyl (C=O) groups is 1. The SMILES string of the molecule is CCN(Cc1ccc(C(=O)N2CCN(S(=O)(=O)c3ccccc3Cl)CC2)cc1)C(C)C. The van der Waals surface area contributed by atoms with E-state index in [2.05, 4.69) is 25.7 Å². The lowest BCUT2D eigenvalue weighted by molar-refractivity contribution is 0.0698. The van der Waals surface area contributed by atoms with Crippen molar-refractivity contribution in [3.05, 3.63) is 64.7 Å². The number of rotatable bonds is 7. The van der Waals surface area contributed by atoms with E-state index in [0.717, 1.165) is 13.1 Å². The Morgan fingerprint density at radius 2 is 1.65 bits per heavy atom. The van der Waals surface area contributed by atoms with Gasteiger partial charge in [-0.3, -0.25) is 9.69 Å². The molecule has 0 atom stereocenters. The lowest BCUT2D eigenvalue weighted by atomic mass is 10.1. The maximum Gasteiger partial charge on any atom is 0.253 e. The third kappa shape index (κ3) is 5.47. The van der Waals surface area contributed by atoms with Crippen LogP contribution in [0.15, 0.2) is 53.4 Å². The van der Waals surface area contributed by atoms with Gasteiger partial charge in [-0.2, -0.15) is 4.31 Å². The van der Waals surface area contributed by atoms with Crippen LogP contribution < -0.4 is 0 Å². The minimum absolute atomic E-state index is 0.0717. The quantitative estimate of drug-likeness (QED) is 0.627. The van der Waals surface area contributed by atoms with E-state index in [1.165, 1.54) is 15.9 Å². The third-order valence-corrected chi connectivity index (χ3v) is 8.10. The van der Waals surface area contributed by atoms with Gasteiger partial charge in [0.2, 0.25) is 10.0 Å². The van der Waals surface area contributed by atoms with E-state index < -0.39 is 10.0 Å². The van der Waals surface area contributed by atoms with Crippen LogP contribution in [0.5, 0.6) is 0 Å². The van der Waals surface area contributed by atoms with E-state index in [4.69, 9.17) is 11.6 Å². The largest absolute Gasteiger partial charge is 0.336 e. The second-order valence-electron chi connectivity index (χ2n) is 7.98. The lowest BCUT2D eigenvalue weighted by Gasteiger charge is -2.34. The number of hydrogen-bond donors (Lipinski definition) is 0. The highest BCUT2D eigenvalue weighted by molar-refractivity contribution is 7.89. The Bertz CT molecular complexity index is 1000. The molecule has 168 valence electrons. The van der Waals surface area contributed by atoms with Crippen LogP contribution in [-0.2, 0) is 16.6 Å². The van der Waals surface area contributed by atoms with E-state index in [1.807, 2.05) is 24.3 Å². The van der Waals surface area contributed by atoms with Crippen LogP contribution >= 0.6 is 11.6 Å². The number of nitrogens with zero attached hydrogens (tertiary/aromatic N) is 3. The summed E-state index contributed by atoms with van der Waals surface area (Å²) >= 11 is 6.08. The van der Waals surface area contributed by atoms with Crippen LogP contribution in [0.3, 0.4) is 0 Å². The fourth-order valence-corrected chi connectivity index (χ4v) is 5.67. The highest BCUT2D eigenvalue weighted by atomic mass is 35.5. The molecule has 2 aromatic rings. The monoisotopic (exact) mass is 463 g/mol. The lowest BCUT2D eigenvalue weighted by Crippen LogP contribution is -2.50. The van der Waals surface area contributed by atoms with Crippen LogP contribution in [0, 0.1) is 0 Å². The van der Waals surface area contributed by atoms with Gasteiger partial charge in [0.15, 0.2) is 0 Å². The van der Waals surface area contributed by atoms with Gasteiger partial charge >= 0.3 is 0 Å². The highest BCUT2D eigenvalue weighted by Crippen LogP contribution is 2.25. The van der Waals surface area contributed by atoms with Crippen molar-refractivity contribution in [2.24, 2.45) is 0 Å². The Balaban J connectivity index is 1.62.